The van der Waals surface area contributed by atoms with Crippen molar-refractivity contribution in [1.82, 2.24) is 14.2 Å². The van der Waals surface area contributed by atoms with Crippen molar-refractivity contribution in [2.45, 2.75) is 43.4 Å². The summed E-state index contributed by atoms with van der Waals surface area (Å²) in [5.74, 6) is 0.824. The van der Waals surface area contributed by atoms with E-state index in [0.29, 0.717) is 25.4 Å². The Hall–Kier alpha value is -1.47. The zero-order chi connectivity index (χ0) is 17.5. The number of sulfonamides is 1. The van der Waals surface area contributed by atoms with Gasteiger partial charge in [0, 0.05) is 38.6 Å². The Morgan fingerprint density at radius 3 is 2.72 bits per heavy atom. The molecule has 0 bridgehead atoms. The molecule has 3 fully saturated rings. The monoisotopic (exact) mass is 363 g/mol. The maximum atomic E-state index is 13.1. The fourth-order valence-electron chi connectivity index (χ4n) is 4.38. The van der Waals surface area contributed by atoms with Crippen LogP contribution in [0.15, 0.2) is 29.4 Å². The van der Waals surface area contributed by atoms with Gasteiger partial charge in [-0.05, 0) is 50.2 Å². The summed E-state index contributed by atoms with van der Waals surface area (Å²) in [4.78, 5) is 19.3. The molecule has 0 radical (unpaired) electrons. The Kier molecular flexibility index (Phi) is 4.32. The Morgan fingerprint density at radius 2 is 2.04 bits per heavy atom. The lowest BCUT2D eigenvalue weighted by atomic mass is 9.77. The standard InChI is InChI=1S/C18H25N3O3S/c22-17-18(7-3-10-20(17)13-15-4-1-5-15)8-11-21(14-18)25(23,24)16-6-2-9-19-12-16/h2,6,9,12,15H,1,3-5,7-8,10-11,13-14H2/t18-/m1/s1. The average molecular weight is 363 g/mol. The highest BCUT2D eigenvalue weighted by atomic mass is 32.2. The maximum absolute atomic E-state index is 13.1. The Labute approximate surface area is 149 Å². The van der Waals surface area contributed by atoms with E-state index in [9.17, 15) is 13.2 Å². The fourth-order valence-corrected chi connectivity index (χ4v) is 5.87. The smallest absolute Gasteiger partial charge is 0.244 e. The summed E-state index contributed by atoms with van der Waals surface area (Å²) in [6.07, 6.45) is 9.06. The molecule has 6 nitrogen and oxygen atoms in total. The largest absolute Gasteiger partial charge is 0.342 e. The van der Waals surface area contributed by atoms with E-state index in [0.717, 1.165) is 25.9 Å². The third kappa shape index (κ3) is 2.97. The number of carbonyl (C=O) groups excluding carboxylic acids is 1. The molecule has 2 aliphatic heterocycles. The van der Waals surface area contributed by atoms with Crippen LogP contribution >= 0.6 is 0 Å². The van der Waals surface area contributed by atoms with Crippen LogP contribution in [-0.2, 0) is 14.8 Å². The van der Waals surface area contributed by atoms with Crippen molar-refractivity contribution in [1.29, 1.82) is 0 Å². The molecule has 7 heteroatoms. The van der Waals surface area contributed by atoms with Crippen molar-refractivity contribution >= 4 is 15.9 Å². The van der Waals surface area contributed by atoms with Crippen LogP contribution in [0.1, 0.15) is 38.5 Å². The summed E-state index contributed by atoms with van der Waals surface area (Å²) in [5.41, 5.74) is -0.517. The van der Waals surface area contributed by atoms with Gasteiger partial charge in [-0.2, -0.15) is 4.31 Å². The summed E-state index contributed by atoms with van der Waals surface area (Å²) >= 11 is 0. The number of hydrogen-bond donors (Lipinski definition) is 0. The quantitative estimate of drug-likeness (QED) is 0.819. The predicted molar refractivity (Wildman–Crippen MR) is 93.2 cm³/mol. The van der Waals surface area contributed by atoms with Crippen LogP contribution in [0, 0.1) is 11.3 Å². The molecule has 0 unspecified atom stereocenters. The third-order valence-electron chi connectivity index (χ3n) is 6.12. The first-order valence-corrected chi connectivity index (χ1v) is 10.6. The number of hydrogen-bond acceptors (Lipinski definition) is 4. The Bertz CT molecular complexity index is 748. The van der Waals surface area contributed by atoms with Crippen molar-refractivity contribution in [3.8, 4) is 0 Å². The molecule has 3 heterocycles. The van der Waals surface area contributed by atoms with Gasteiger partial charge in [-0.15, -0.1) is 0 Å². The SMILES string of the molecule is O=C1N(CC2CCC2)CCC[C@]12CCN(S(=O)(=O)c1cccnc1)C2. The zero-order valence-electron chi connectivity index (χ0n) is 14.4. The molecule has 25 heavy (non-hydrogen) atoms. The van der Waals surface area contributed by atoms with E-state index < -0.39 is 15.4 Å². The first-order chi connectivity index (χ1) is 12.0. The van der Waals surface area contributed by atoms with E-state index in [2.05, 4.69) is 4.98 Å². The van der Waals surface area contributed by atoms with Gasteiger partial charge in [-0.3, -0.25) is 9.78 Å². The molecule has 1 spiro atoms. The second kappa shape index (κ2) is 6.36. The summed E-state index contributed by atoms with van der Waals surface area (Å²) < 4.78 is 27.2. The molecule has 2 saturated heterocycles. The highest BCUT2D eigenvalue weighted by molar-refractivity contribution is 7.89. The lowest BCUT2D eigenvalue weighted by molar-refractivity contribution is -0.146. The molecule has 1 aromatic rings. The summed E-state index contributed by atoms with van der Waals surface area (Å²) in [5, 5.41) is 0. The molecule has 3 aliphatic rings. The third-order valence-corrected chi connectivity index (χ3v) is 7.95. The van der Waals surface area contributed by atoms with E-state index in [1.54, 1.807) is 18.3 Å². The molecule has 136 valence electrons. The van der Waals surface area contributed by atoms with Crippen LogP contribution in [0.5, 0.6) is 0 Å². The number of carbonyl (C=O) groups is 1. The molecule has 0 N–H and O–H groups in total. The topological polar surface area (TPSA) is 70.6 Å². The van der Waals surface area contributed by atoms with Crippen LogP contribution < -0.4 is 0 Å². The summed E-state index contributed by atoms with van der Waals surface area (Å²) in [6, 6.07) is 3.20. The average Bonchev–Trinajstić information content (AvgIpc) is 3.01. The van der Waals surface area contributed by atoms with Crippen LogP contribution in [-0.4, -0.2) is 54.7 Å². The minimum atomic E-state index is -3.57. The molecular formula is C18H25N3O3S. The van der Waals surface area contributed by atoms with Crippen molar-refractivity contribution < 1.29 is 13.2 Å². The normalized spacial score (nSPS) is 28.5. The van der Waals surface area contributed by atoms with Gasteiger partial charge in [-0.25, -0.2) is 8.42 Å². The number of likely N-dealkylation sites (tertiary alicyclic amines) is 1. The molecule has 1 amide bonds. The van der Waals surface area contributed by atoms with E-state index in [1.165, 1.54) is 29.8 Å². The predicted octanol–water partition coefficient (Wildman–Crippen LogP) is 1.88. The number of nitrogens with zero attached hydrogens (tertiary/aromatic N) is 3. The Balaban J connectivity index is 1.51. The highest BCUT2D eigenvalue weighted by Gasteiger charge is 2.51. The van der Waals surface area contributed by atoms with Gasteiger partial charge < -0.3 is 4.90 Å². The number of rotatable bonds is 4. The number of piperidine rings is 1. The molecule has 1 saturated carbocycles. The van der Waals surface area contributed by atoms with Gasteiger partial charge in [0.05, 0.1) is 5.41 Å². The van der Waals surface area contributed by atoms with Crippen molar-refractivity contribution in [3.05, 3.63) is 24.5 Å². The number of amides is 1. The lowest BCUT2D eigenvalue weighted by Crippen LogP contribution is -2.52. The van der Waals surface area contributed by atoms with Gasteiger partial charge in [0.1, 0.15) is 4.90 Å². The second-order valence-corrected chi connectivity index (χ2v) is 9.65. The van der Waals surface area contributed by atoms with E-state index in [1.807, 2.05) is 4.90 Å². The molecule has 1 aliphatic carbocycles. The molecule has 1 atom stereocenters. The van der Waals surface area contributed by atoms with E-state index >= 15 is 0 Å². The van der Waals surface area contributed by atoms with Crippen LogP contribution in [0.3, 0.4) is 0 Å². The summed E-state index contributed by atoms with van der Waals surface area (Å²) in [7, 11) is -3.57. The molecule has 0 aromatic carbocycles. The molecule has 1 aromatic heterocycles. The Morgan fingerprint density at radius 1 is 1.20 bits per heavy atom. The van der Waals surface area contributed by atoms with Gasteiger partial charge >= 0.3 is 0 Å². The van der Waals surface area contributed by atoms with Gasteiger partial charge in [0.2, 0.25) is 15.9 Å². The first-order valence-electron chi connectivity index (χ1n) is 9.21. The van der Waals surface area contributed by atoms with E-state index in [4.69, 9.17) is 0 Å². The van der Waals surface area contributed by atoms with Gasteiger partial charge in [0.15, 0.2) is 0 Å². The van der Waals surface area contributed by atoms with Gasteiger partial charge in [0.25, 0.3) is 0 Å². The van der Waals surface area contributed by atoms with Crippen molar-refractivity contribution in [3.63, 3.8) is 0 Å². The van der Waals surface area contributed by atoms with Crippen LogP contribution in [0.2, 0.25) is 0 Å². The van der Waals surface area contributed by atoms with Gasteiger partial charge in [-0.1, -0.05) is 6.42 Å². The first kappa shape index (κ1) is 17.0. The zero-order valence-corrected chi connectivity index (χ0v) is 15.2. The lowest BCUT2D eigenvalue weighted by Gasteiger charge is -2.42. The minimum absolute atomic E-state index is 0.175. The maximum Gasteiger partial charge on any atom is 0.244 e. The van der Waals surface area contributed by atoms with Crippen molar-refractivity contribution in [2.24, 2.45) is 11.3 Å². The minimum Gasteiger partial charge on any atom is -0.342 e. The number of pyridine rings is 1. The van der Waals surface area contributed by atoms with Crippen LogP contribution in [0.25, 0.3) is 0 Å². The van der Waals surface area contributed by atoms with Crippen molar-refractivity contribution in [2.75, 3.05) is 26.2 Å². The fraction of sp³-hybridized carbons (Fsp3) is 0.667. The highest BCUT2D eigenvalue weighted by Crippen LogP contribution is 2.42. The molecular weight excluding hydrogens is 338 g/mol. The summed E-state index contributed by atoms with van der Waals surface area (Å²) in [6.45, 7) is 2.41. The van der Waals surface area contributed by atoms with E-state index in [-0.39, 0.29) is 10.8 Å². The number of aromatic nitrogens is 1. The van der Waals surface area contributed by atoms with Crippen LogP contribution in [0.4, 0.5) is 0 Å². The molecule has 4 rings (SSSR count). The second-order valence-electron chi connectivity index (χ2n) is 7.71.